The van der Waals surface area contributed by atoms with Crippen LogP contribution in [0.3, 0.4) is 0 Å². The molecule has 1 aliphatic heterocycles. The van der Waals surface area contributed by atoms with Gasteiger partial charge in [-0.05, 0) is 38.5 Å². The van der Waals surface area contributed by atoms with E-state index in [0.29, 0.717) is 36.3 Å². The highest BCUT2D eigenvalue weighted by atomic mass is 35.5. The lowest BCUT2D eigenvalue weighted by Gasteiger charge is -2.23. The minimum Gasteiger partial charge on any atom is -0.489 e. The quantitative estimate of drug-likeness (QED) is 0.901. The van der Waals surface area contributed by atoms with E-state index in [1.807, 2.05) is 6.07 Å². The molecule has 0 aromatic heterocycles. The fourth-order valence-electron chi connectivity index (χ4n) is 1.96. The molecule has 0 bridgehead atoms. The molecule has 0 saturated heterocycles. The third kappa shape index (κ3) is 4.01. The number of nitrogens with one attached hydrogen (secondary N) is 1. The third-order valence-corrected chi connectivity index (χ3v) is 3.32. The number of rotatable bonds is 3. The Morgan fingerprint density at radius 3 is 2.70 bits per heavy atom. The zero-order valence-electron chi connectivity index (χ0n) is 12.2. The van der Waals surface area contributed by atoms with Gasteiger partial charge in [-0.15, -0.1) is 0 Å². The van der Waals surface area contributed by atoms with Crippen LogP contribution in [0.2, 0.25) is 5.02 Å². The third-order valence-electron chi connectivity index (χ3n) is 3.04. The van der Waals surface area contributed by atoms with Crippen LogP contribution in [0, 0.1) is 0 Å². The maximum absolute atomic E-state index is 10.3. The average Bonchev–Trinajstić information content (AvgIpc) is 2.60. The van der Waals surface area contributed by atoms with Crippen molar-refractivity contribution in [2.45, 2.75) is 38.8 Å². The summed E-state index contributed by atoms with van der Waals surface area (Å²) in [7, 11) is 0. The molecule has 0 saturated carbocycles. The highest BCUT2D eigenvalue weighted by Crippen LogP contribution is 2.39. The Balaban J connectivity index is 2.16. The Morgan fingerprint density at radius 1 is 1.30 bits per heavy atom. The molecule has 4 nitrogen and oxygen atoms in total. The highest BCUT2D eigenvalue weighted by Gasteiger charge is 2.19. The van der Waals surface area contributed by atoms with E-state index in [0.717, 1.165) is 12.0 Å². The molecule has 0 spiro atoms. The predicted octanol–water partition coefficient (Wildman–Crippen LogP) is 2.92. The standard InChI is InChI=1S/C15H22ClNO3/c1-15(2,3)17-9-12(18)10-7-11(16)14-13(8-10)19-5-4-6-20-14/h7-8,12,17-18H,4-6,9H2,1-3H3. The minimum atomic E-state index is -0.635. The summed E-state index contributed by atoms with van der Waals surface area (Å²) in [4.78, 5) is 0. The summed E-state index contributed by atoms with van der Waals surface area (Å²) < 4.78 is 11.2. The van der Waals surface area contributed by atoms with E-state index < -0.39 is 6.10 Å². The molecule has 1 heterocycles. The summed E-state index contributed by atoms with van der Waals surface area (Å²) in [6.07, 6.45) is 0.193. The maximum atomic E-state index is 10.3. The van der Waals surface area contributed by atoms with Crippen LogP contribution >= 0.6 is 11.6 Å². The lowest BCUT2D eigenvalue weighted by molar-refractivity contribution is 0.163. The Labute approximate surface area is 125 Å². The van der Waals surface area contributed by atoms with Crippen molar-refractivity contribution in [3.8, 4) is 11.5 Å². The van der Waals surface area contributed by atoms with E-state index in [2.05, 4.69) is 26.1 Å². The molecule has 0 amide bonds. The summed E-state index contributed by atoms with van der Waals surface area (Å²) in [6.45, 7) is 7.82. The topological polar surface area (TPSA) is 50.7 Å². The number of aliphatic hydroxyl groups excluding tert-OH is 1. The Morgan fingerprint density at radius 2 is 2.00 bits per heavy atom. The number of halogens is 1. The van der Waals surface area contributed by atoms with Gasteiger partial charge < -0.3 is 19.9 Å². The molecule has 112 valence electrons. The van der Waals surface area contributed by atoms with Gasteiger partial charge in [0.1, 0.15) is 0 Å². The van der Waals surface area contributed by atoms with Gasteiger partial charge in [-0.2, -0.15) is 0 Å². The number of hydrogen-bond donors (Lipinski definition) is 2. The minimum absolute atomic E-state index is 0.0456. The smallest absolute Gasteiger partial charge is 0.179 e. The lowest BCUT2D eigenvalue weighted by Crippen LogP contribution is -2.38. The van der Waals surface area contributed by atoms with Crippen LogP contribution in [0.4, 0.5) is 0 Å². The molecule has 0 radical (unpaired) electrons. The molecule has 1 atom stereocenters. The SMILES string of the molecule is CC(C)(C)NCC(O)c1cc(Cl)c2c(c1)OCCCO2. The Bertz CT molecular complexity index is 471. The van der Waals surface area contributed by atoms with Gasteiger partial charge in [-0.25, -0.2) is 0 Å². The van der Waals surface area contributed by atoms with Crippen molar-refractivity contribution in [3.05, 3.63) is 22.7 Å². The van der Waals surface area contributed by atoms with Crippen LogP contribution < -0.4 is 14.8 Å². The Kier molecular flexibility index (Phi) is 4.78. The van der Waals surface area contributed by atoms with Crippen molar-refractivity contribution in [1.82, 2.24) is 5.32 Å². The first-order valence-electron chi connectivity index (χ1n) is 6.89. The number of ether oxygens (including phenoxy) is 2. The predicted molar refractivity (Wildman–Crippen MR) is 79.8 cm³/mol. The zero-order chi connectivity index (χ0) is 14.8. The Hall–Kier alpha value is -0.970. The zero-order valence-corrected chi connectivity index (χ0v) is 13.0. The fourth-order valence-corrected chi connectivity index (χ4v) is 2.24. The van der Waals surface area contributed by atoms with E-state index in [1.165, 1.54) is 0 Å². The van der Waals surface area contributed by atoms with E-state index >= 15 is 0 Å². The molecule has 2 rings (SSSR count). The van der Waals surface area contributed by atoms with Crippen molar-refractivity contribution in [2.24, 2.45) is 0 Å². The van der Waals surface area contributed by atoms with Crippen LogP contribution in [-0.2, 0) is 0 Å². The summed E-state index contributed by atoms with van der Waals surface area (Å²) in [5, 5.41) is 14.0. The summed E-state index contributed by atoms with van der Waals surface area (Å²) in [6, 6.07) is 3.55. The van der Waals surface area contributed by atoms with Crippen molar-refractivity contribution in [3.63, 3.8) is 0 Å². The molecule has 0 fully saturated rings. The van der Waals surface area contributed by atoms with Gasteiger partial charge in [0, 0.05) is 18.5 Å². The average molecular weight is 300 g/mol. The summed E-state index contributed by atoms with van der Waals surface area (Å²) >= 11 is 6.22. The van der Waals surface area contributed by atoms with Gasteiger partial charge in [0.05, 0.1) is 24.3 Å². The second kappa shape index (κ2) is 6.20. The highest BCUT2D eigenvalue weighted by molar-refractivity contribution is 6.32. The lowest BCUT2D eigenvalue weighted by atomic mass is 10.1. The van der Waals surface area contributed by atoms with E-state index in [9.17, 15) is 5.11 Å². The van der Waals surface area contributed by atoms with Gasteiger partial charge in [-0.3, -0.25) is 0 Å². The van der Waals surface area contributed by atoms with Crippen LogP contribution in [0.15, 0.2) is 12.1 Å². The van der Waals surface area contributed by atoms with E-state index in [-0.39, 0.29) is 5.54 Å². The second-order valence-electron chi connectivity index (χ2n) is 6.03. The van der Waals surface area contributed by atoms with Crippen molar-refractivity contribution >= 4 is 11.6 Å². The largest absolute Gasteiger partial charge is 0.489 e. The number of hydrogen-bond acceptors (Lipinski definition) is 4. The molecule has 5 heteroatoms. The van der Waals surface area contributed by atoms with Gasteiger partial charge in [0.15, 0.2) is 11.5 Å². The molecule has 2 N–H and O–H groups in total. The first-order valence-corrected chi connectivity index (χ1v) is 7.27. The second-order valence-corrected chi connectivity index (χ2v) is 6.43. The summed E-state index contributed by atoms with van der Waals surface area (Å²) in [5.41, 5.74) is 0.687. The molecule has 0 aliphatic carbocycles. The maximum Gasteiger partial charge on any atom is 0.179 e. The van der Waals surface area contributed by atoms with Gasteiger partial charge in [0.2, 0.25) is 0 Å². The van der Waals surface area contributed by atoms with Crippen molar-refractivity contribution in [2.75, 3.05) is 19.8 Å². The number of β-amino-alcohol motifs (C(OH)–C–C–N with tert-alkyl or cyclic N) is 1. The fraction of sp³-hybridized carbons (Fsp3) is 0.600. The molecule has 1 aliphatic rings. The first kappa shape index (κ1) is 15.4. The van der Waals surface area contributed by atoms with Crippen LogP contribution in [0.1, 0.15) is 38.9 Å². The van der Waals surface area contributed by atoms with Gasteiger partial charge >= 0.3 is 0 Å². The van der Waals surface area contributed by atoms with Crippen LogP contribution in [0.5, 0.6) is 11.5 Å². The molecular weight excluding hydrogens is 278 g/mol. The first-order chi connectivity index (χ1) is 9.37. The van der Waals surface area contributed by atoms with Gasteiger partial charge in [0.25, 0.3) is 0 Å². The number of benzene rings is 1. The molecule has 20 heavy (non-hydrogen) atoms. The molecular formula is C15H22ClNO3. The molecule has 1 aromatic rings. The molecule has 1 aromatic carbocycles. The molecule has 1 unspecified atom stereocenters. The van der Waals surface area contributed by atoms with Crippen LogP contribution in [-0.4, -0.2) is 30.4 Å². The van der Waals surface area contributed by atoms with Crippen molar-refractivity contribution in [1.29, 1.82) is 0 Å². The number of fused-ring (bicyclic) bond motifs is 1. The monoisotopic (exact) mass is 299 g/mol. The van der Waals surface area contributed by atoms with Gasteiger partial charge in [-0.1, -0.05) is 11.6 Å². The van der Waals surface area contributed by atoms with Crippen molar-refractivity contribution < 1.29 is 14.6 Å². The normalized spacial score (nSPS) is 16.6. The van der Waals surface area contributed by atoms with E-state index in [1.54, 1.807) is 6.07 Å². The van der Waals surface area contributed by atoms with Crippen LogP contribution in [0.25, 0.3) is 0 Å². The van der Waals surface area contributed by atoms with E-state index in [4.69, 9.17) is 21.1 Å². The summed E-state index contributed by atoms with van der Waals surface area (Å²) in [5.74, 6) is 1.18. The number of aliphatic hydroxyl groups is 1.